The first kappa shape index (κ1) is 11.0. The van der Waals surface area contributed by atoms with Crippen molar-refractivity contribution in [2.24, 2.45) is 0 Å². The number of hydrogen-bond donors (Lipinski definition) is 1. The largest absolute Gasteiger partial charge is 0.380 e. The molecular formula is C11H16FNO. The van der Waals surface area contributed by atoms with E-state index in [9.17, 15) is 4.39 Å². The molecular weight excluding hydrogens is 181 g/mol. The second kappa shape index (κ2) is 5.60. The van der Waals surface area contributed by atoms with E-state index in [-0.39, 0.29) is 5.82 Å². The summed E-state index contributed by atoms with van der Waals surface area (Å²) in [4.78, 5) is 0. The number of nitrogens with one attached hydrogen (secondary N) is 1. The normalized spacial score (nSPS) is 10.2. The second-order valence-corrected chi connectivity index (χ2v) is 3.06. The Balaban J connectivity index is 2.49. The molecule has 2 nitrogen and oxygen atoms in total. The van der Waals surface area contributed by atoms with Crippen molar-refractivity contribution in [3.8, 4) is 0 Å². The van der Waals surface area contributed by atoms with Gasteiger partial charge in [0.1, 0.15) is 5.82 Å². The van der Waals surface area contributed by atoms with E-state index < -0.39 is 0 Å². The van der Waals surface area contributed by atoms with Crippen molar-refractivity contribution >= 4 is 5.69 Å². The number of rotatable bonds is 5. The third kappa shape index (κ3) is 3.00. The van der Waals surface area contributed by atoms with Crippen molar-refractivity contribution in [3.05, 3.63) is 29.6 Å². The minimum atomic E-state index is -0.207. The quantitative estimate of drug-likeness (QED) is 0.732. The average Bonchev–Trinajstić information content (AvgIpc) is 2.16. The predicted octanol–water partition coefficient (Wildman–Crippen LogP) is 2.58. The van der Waals surface area contributed by atoms with Crippen LogP contribution in [0.25, 0.3) is 0 Å². The second-order valence-electron chi connectivity index (χ2n) is 3.06. The zero-order chi connectivity index (χ0) is 10.4. The van der Waals surface area contributed by atoms with Crippen molar-refractivity contribution < 1.29 is 9.13 Å². The van der Waals surface area contributed by atoms with Crippen molar-refractivity contribution in [1.29, 1.82) is 0 Å². The molecule has 1 aromatic carbocycles. The summed E-state index contributed by atoms with van der Waals surface area (Å²) < 4.78 is 18.4. The highest BCUT2D eigenvalue weighted by Crippen LogP contribution is 2.17. The fourth-order valence-corrected chi connectivity index (χ4v) is 1.25. The molecule has 0 amide bonds. The number of ether oxygens (including phenoxy) is 1. The maximum absolute atomic E-state index is 13.3. The van der Waals surface area contributed by atoms with Gasteiger partial charge in [-0.3, -0.25) is 0 Å². The molecule has 0 aliphatic rings. The Morgan fingerprint density at radius 2 is 2.21 bits per heavy atom. The van der Waals surface area contributed by atoms with Gasteiger partial charge in [-0.05, 0) is 25.5 Å². The van der Waals surface area contributed by atoms with Crippen LogP contribution in [-0.2, 0) is 4.74 Å². The molecule has 0 saturated heterocycles. The van der Waals surface area contributed by atoms with Crippen LogP contribution in [0.2, 0.25) is 0 Å². The maximum atomic E-state index is 13.3. The molecule has 0 saturated carbocycles. The molecule has 0 radical (unpaired) electrons. The van der Waals surface area contributed by atoms with Crippen molar-refractivity contribution in [2.45, 2.75) is 13.8 Å². The Labute approximate surface area is 84.1 Å². The van der Waals surface area contributed by atoms with Crippen LogP contribution in [-0.4, -0.2) is 19.8 Å². The summed E-state index contributed by atoms with van der Waals surface area (Å²) >= 11 is 0. The smallest absolute Gasteiger partial charge is 0.146 e. The van der Waals surface area contributed by atoms with Gasteiger partial charge in [0.05, 0.1) is 12.3 Å². The van der Waals surface area contributed by atoms with E-state index in [0.29, 0.717) is 25.4 Å². The van der Waals surface area contributed by atoms with Gasteiger partial charge in [0.15, 0.2) is 0 Å². The monoisotopic (exact) mass is 197 g/mol. The van der Waals surface area contributed by atoms with E-state index in [1.54, 1.807) is 6.07 Å². The van der Waals surface area contributed by atoms with Gasteiger partial charge in [0.2, 0.25) is 0 Å². The number of halogens is 1. The number of benzene rings is 1. The van der Waals surface area contributed by atoms with Crippen molar-refractivity contribution in [1.82, 2.24) is 0 Å². The van der Waals surface area contributed by atoms with Crippen molar-refractivity contribution in [3.63, 3.8) is 0 Å². The Bertz CT molecular complexity index is 268. The van der Waals surface area contributed by atoms with Gasteiger partial charge in [-0.1, -0.05) is 12.1 Å². The molecule has 1 aromatic rings. The summed E-state index contributed by atoms with van der Waals surface area (Å²) in [6, 6.07) is 5.04. The Morgan fingerprint density at radius 3 is 2.86 bits per heavy atom. The highest BCUT2D eigenvalue weighted by atomic mass is 19.1. The van der Waals surface area contributed by atoms with E-state index in [4.69, 9.17) is 4.74 Å². The number of anilines is 1. The number of hydrogen-bond acceptors (Lipinski definition) is 2. The molecule has 0 aromatic heterocycles. The molecule has 0 spiro atoms. The molecule has 0 aliphatic carbocycles. The molecule has 1 N–H and O–H groups in total. The molecule has 0 fully saturated rings. The highest BCUT2D eigenvalue weighted by Gasteiger charge is 2.02. The van der Waals surface area contributed by atoms with Gasteiger partial charge in [-0.25, -0.2) is 4.39 Å². The maximum Gasteiger partial charge on any atom is 0.146 e. The Kier molecular flexibility index (Phi) is 4.40. The van der Waals surface area contributed by atoms with Gasteiger partial charge >= 0.3 is 0 Å². The lowest BCUT2D eigenvalue weighted by molar-refractivity contribution is 0.158. The summed E-state index contributed by atoms with van der Waals surface area (Å²) in [5.74, 6) is -0.207. The average molecular weight is 197 g/mol. The van der Waals surface area contributed by atoms with E-state index in [0.717, 1.165) is 5.56 Å². The third-order valence-corrected chi connectivity index (χ3v) is 1.97. The highest BCUT2D eigenvalue weighted by molar-refractivity contribution is 5.51. The fourth-order valence-electron chi connectivity index (χ4n) is 1.25. The summed E-state index contributed by atoms with van der Waals surface area (Å²) in [5.41, 5.74) is 1.49. The first-order valence-electron chi connectivity index (χ1n) is 4.82. The van der Waals surface area contributed by atoms with Gasteiger partial charge < -0.3 is 10.1 Å². The lowest BCUT2D eigenvalue weighted by atomic mass is 10.2. The predicted molar refractivity (Wildman–Crippen MR) is 56.1 cm³/mol. The van der Waals surface area contributed by atoms with Gasteiger partial charge in [0.25, 0.3) is 0 Å². The Hall–Kier alpha value is -1.09. The molecule has 0 aliphatic heterocycles. The molecule has 3 heteroatoms. The third-order valence-electron chi connectivity index (χ3n) is 1.97. The van der Waals surface area contributed by atoms with Crippen LogP contribution in [0.1, 0.15) is 12.5 Å². The first-order chi connectivity index (χ1) is 6.75. The van der Waals surface area contributed by atoms with E-state index in [2.05, 4.69) is 5.32 Å². The zero-order valence-corrected chi connectivity index (χ0v) is 8.64. The SMILES string of the molecule is CCOCCNc1c(C)cccc1F. The van der Waals surface area contributed by atoms with Crippen LogP contribution >= 0.6 is 0 Å². The number of aryl methyl sites for hydroxylation is 1. The lowest BCUT2D eigenvalue weighted by Crippen LogP contribution is -2.11. The van der Waals surface area contributed by atoms with Gasteiger partial charge in [-0.2, -0.15) is 0 Å². The molecule has 1 rings (SSSR count). The molecule has 0 atom stereocenters. The van der Waals surface area contributed by atoms with E-state index in [1.165, 1.54) is 6.07 Å². The van der Waals surface area contributed by atoms with Crippen LogP contribution in [0.15, 0.2) is 18.2 Å². The van der Waals surface area contributed by atoms with Crippen molar-refractivity contribution in [2.75, 3.05) is 25.1 Å². The summed E-state index contributed by atoms with van der Waals surface area (Å²) in [5, 5.41) is 3.02. The van der Waals surface area contributed by atoms with Crippen LogP contribution < -0.4 is 5.32 Å². The topological polar surface area (TPSA) is 21.3 Å². The number of para-hydroxylation sites is 1. The zero-order valence-electron chi connectivity index (χ0n) is 8.64. The summed E-state index contributed by atoms with van der Waals surface area (Å²) in [6.45, 7) is 5.75. The van der Waals surface area contributed by atoms with Gasteiger partial charge in [0, 0.05) is 13.2 Å². The molecule has 0 heterocycles. The van der Waals surface area contributed by atoms with Crippen LogP contribution in [0, 0.1) is 12.7 Å². The summed E-state index contributed by atoms with van der Waals surface area (Å²) in [7, 11) is 0. The minimum absolute atomic E-state index is 0.207. The van der Waals surface area contributed by atoms with Crippen LogP contribution in [0.3, 0.4) is 0 Å². The first-order valence-corrected chi connectivity index (χ1v) is 4.82. The fraction of sp³-hybridized carbons (Fsp3) is 0.455. The molecule has 0 unspecified atom stereocenters. The lowest BCUT2D eigenvalue weighted by Gasteiger charge is -2.10. The van der Waals surface area contributed by atoms with E-state index in [1.807, 2.05) is 19.9 Å². The minimum Gasteiger partial charge on any atom is -0.380 e. The molecule has 14 heavy (non-hydrogen) atoms. The molecule has 78 valence electrons. The van der Waals surface area contributed by atoms with Crippen LogP contribution in [0.4, 0.5) is 10.1 Å². The standard InChI is InChI=1S/C11H16FNO/c1-3-14-8-7-13-11-9(2)5-4-6-10(11)12/h4-6,13H,3,7-8H2,1-2H3. The molecule has 0 bridgehead atoms. The van der Waals surface area contributed by atoms with E-state index >= 15 is 0 Å². The van der Waals surface area contributed by atoms with Crippen LogP contribution in [0.5, 0.6) is 0 Å². The Morgan fingerprint density at radius 1 is 1.43 bits per heavy atom. The van der Waals surface area contributed by atoms with Gasteiger partial charge in [-0.15, -0.1) is 0 Å². The summed E-state index contributed by atoms with van der Waals surface area (Å²) in [6.07, 6.45) is 0.